The summed E-state index contributed by atoms with van der Waals surface area (Å²) in [4.78, 5) is 24.9. The number of amides is 2. The summed E-state index contributed by atoms with van der Waals surface area (Å²) >= 11 is 8.62. The van der Waals surface area contributed by atoms with Gasteiger partial charge in [0.2, 0.25) is 0 Å². The highest BCUT2D eigenvalue weighted by molar-refractivity contribution is 9.10. The van der Waals surface area contributed by atoms with Crippen LogP contribution in [0.5, 0.6) is 5.75 Å². The van der Waals surface area contributed by atoms with Crippen LogP contribution >= 0.6 is 28.1 Å². The van der Waals surface area contributed by atoms with Gasteiger partial charge < -0.3 is 15.4 Å². The van der Waals surface area contributed by atoms with Crippen molar-refractivity contribution < 1.29 is 14.3 Å². The van der Waals surface area contributed by atoms with E-state index in [4.69, 9.17) is 17.0 Å². The second-order valence-electron chi connectivity index (χ2n) is 5.80. The normalized spacial score (nSPS) is 10.1. The van der Waals surface area contributed by atoms with E-state index < -0.39 is 5.91 Å². The Labute approximate surface area is 178 Å². The Morgan fingerprint density at radius 2 is 1.82 bits per heavy atom. The molecule has 2 aromatic rings. The molecule has 0 aliphatic heterocycles. The second kappa shape index (κ2) is 10.8. The number of halogens is 1. The average molecular weight is 464 g/mol. The van der Waals surface area contributed by atoms with Crippen molar-refractivity contribution in [3.8, 4) is 5.75 Å². The summed E-state index contributed by atoms with van der Waals surface area (Å²) in [6.45, 7) is 4.85. The van der Waals surface area contributed by atoms with E-state index in [0.29, 0.717) is 35.7 Å². The van der Waals surface area contributed by atoms with Crippen molar-refractivity contribution in [3.05, 3.63) is 58.1 Å². The van der Waals surface area contributed by atoms with Gasteiger partial charge in [-0.05, 0) is 55.9 Å². The van der Waals surface area contributed by atoms with Gasteiger partial charge in [0.05, 0.1) is 23.4 Å². The smallest absolute Gasteiger partial charge is 0.261 e. The summed E-state index contributed by atoms with van der Waals surface area (Å²) in [5.41, 5.74) is 1.31. The maximum atomic E-state index is 12.7. The molecule has 2 aromatic carbocycles. The minimum absolute atomic E-state index is 0.0863. The molecule has 3 N–H and O–H groups in total. The van der Waals surface area contributed by atoms with E-state index in [0.717, 1.165) is 10.9 Å². The van der Waals surface area contributed by atoms with Crippen molar-refractivity contribution in [1.82, 2.24) is 10.6 Å². The molecule has 6 nitrogen and oxygen atoms in total. The number of carbonyl (C=O) groups excluding carboxylic acids is 2. The third kappa shape index (κ3) is 6.03. The molecule has 2 amide bonds. The Morgan fingerprint density at radius 1 is 1.07 bits per heavy atom. The number of para-hydroxylation sites is 1. The van der Waals surface area contributed by atoms with Crippen molar-refractivity contribution in [3.63, 3.8) is 0 Å². The van der Waals surface area contributed by atoms with Crippen LogP contribution in [0.25, 0.3) is 0 Å². The van der Waals surface area contributed by atoms with Crippen LogP contribution in [0.4, 0.5) is 5.69 Å². The highest BCUT2D eigenvalue weighted by atomic mass is 79.9. The van der Waals surface area contributed by atoms with Gasteiger partial charge in [-0.25, -0.2) is 0 Å². The van der Waals surface area contributed by atoms with E-state index in [9.17, 15) is 9.59 Å². The van der Waals surface area contributed by atoms with Crippen molar-refractivity contribution in [2.45, 2.75) is 20.3 Å². The van der Waals surface area contributed by atoms with Gasteiger partial charge in [0, 0.05) is 11.0 Å². The SMILES string of the molecule is CCCOc1ccc(Br)cc1C(=O)NC(=S)Nc1ccccc1C(=O)NCC. The average Bonchev–Trinajstić information content (AvgIpc) is 2.67. The van der Waals surface area contributed by atoms with Gasteiger partial charge in [-0.15, -0.1) is 0 Å². The third-order valence-corrected chi connectivity index (χ3v) is 4.33. The highest BCUT2D eigenvalue weighted by Crippen LogP contribution is 2.23. The van der Waals surface area contributed by atoms with Crippen LogP contribution in [-0.2, 0) is 0 Å². The molecule has 28 heavy (non-hydrogen) atoms. The lowest BCUT2D eigenvalue weighted by Gasteiger charge is -2.15. The first kappa shape index (κ1) is 21.8. The zero-order valence-electron chi connectivity index (χ0n) is 15.7. The summed E-state index contributed by atoms with van der Waals surface area (Å²) in [5.74, 6) is -0.143. The lowest BCUT2D eigenvalue weighted by atomic mass is 10.1. The van der Waals surface area contributed by atoms with Gasteiger partial charge in [0.15, 0.2) is 5.11 Å². The molecule has 2 rings (SSSR count). The third-order valence-electron chi connectivity index (χ3n) is 3.63. The molecule has 0 fully saturated rings. The number of hydrogen-bond acceptors (Lipinski definition) is 4. The molecule has 0 atom stereocenters. The number of anilines is 1. The Balaban J connectivity index is 2.13. The zero-order valence-corrected chi connectivity index (χ0v) is 18.1. The molecule has 148 valence electrons. The highest BCUT2D eigenvalue weighted by Gasteiger charge is 2.16. The number of benzene rings is 2. The van der Waals surface area contributed by atoms with E-state index in [1.54, 1.807) is 42.5 Å². The number of nitrogens with one attached hydrogen (secondary N) is 3. The van der Waals surface area contributed by atoms with Crippen LogP contribution in [0.15, 0.2) is 46.9 Å². The molecule has 0 radical (unpaired) electrons. The first-order chi connectivity index (χ1) is 13.5. The topological polar surface area (TPSA) is 79.5 Å². The van der Waals surface area contributed by atoms with E-state index in [-0.39, 0.29) is 11.0 Å². The standard InChI is InChI=1S/C20H22BrN3O3S/c1-3-11-27-17-10-9-13(21)12-15(17)19(26)24-20(28)23-16-8-6-5-7-14(16)18(25)22-4-2/h5-10,12H,3-4,11H2,1-2H3,(H,22,25)(H2,23,24,26,28). The van der Waals surface area contributed by atoms with E-state index >= 15 is 0 Å². The fourth-order valence-corrected chi connectivity index (χ4v) is 2.95. The van der Waals surface area contributed by atoms with Crippen LogP contribution in [0, 0.1) is 0 Å². The Morgan fingerprint density at radius 3 is 2.54 bits per heavy atom. The molecule has 0 bridgehead atoms. The van der Waals surface area contributed by atoms with Gasteiger partial charge in [-0.1, -0.05) is 35.0 Å². The fourth-order valence-electron chi connectivity index (χ4n) is 2.39. The first-order valence-electron chi connectivity index (χ1n) is 8.88. The molecule has 8 heteroatoms. The molecular weight excluding hydrogens is 442 g/mol. The minimum Gasteiger partial charge on any atom is -0.493 e. The molecule has 0 aliphatic rings. The summed E-state index contributed by atoms with van der Waals surface area (Å²) in [5, 5.41) is 8.38. The molecular formula is C20H22BrN3O3S. The largest absolute Gasteiger partial charge is 0.493 e. The Hall–Kier alpha value is -2.45. The lowest BCUT2D eigenvalue weighted by molar-refractivity contribution is 0.0954. The Bertz CT molecular complexity index is 874. The van der Waals surface area contributed by atoms with Crippen LogP contribution < -0.4 is 20.7 Å². The summed E-state index contributed by atoms with van der Waals surface area (Å²) in [7, 11) is 0. The quantitative estimate of drug-likeness (QED) is 0.538. The van der Waals surface area contributed by atoms with E-state index in [2.05, 4.69) is 31.9 Å². The molecule has 0 spiro atoms. The van der Waals surface area contributed by atoms with E-state index in [1.807, 2.05) is 13.8 Å². The van der Waals surface area contributed by atoms with Gasteiger partial charge in [0.1, 0.15) is 5.75 Å². The van der Waals surface area contributed by atoms with Crippen molar-refractivity contribution in [1.29, 1.82) is 0 Å². The predicted molar refractivity (Wildman–Crippen MR) is 118 cm³/mol. The maximum Gasteiger partial charge on any atom is 0.261 e. The van der Waals surface area contributed by atoms with Crippen LogP contribution in [0.2, 0.25) is 0 Å². The first-order valence-corrected chi connectivity index (χ1v) is 10.1. The maximum absolute atomic E-state index is 12.7. The van der Waals surface area contributed by atoms with Crippen molar-refractivity contribution in [2.75, 3.05) is 18.5 Å². The second-order valence-corrected chi connectivity index (χ2v) is 7.13. The van der Waals surface area contributed by atoms with Gasteiger partial charge in [-0.3, -0.25) is 14.9 Å². The van der Waals surface area contributed by atoms with Crippen molar-refractivity contribution in [2.24, 2.45) is 0 Å². The van der Waals surface area contributed by atoms with Crippen molar-refractivity contribution >= 4 is 50.8 Å². The van der Waals surface area contributed by atoms with Crippen LogP contribution in [0.3, 0.4) is 0 Å². The lowest BCUT2D eigenvalue weighted by Crippen LogP contribution is -2.35. The number of hydrogen-bond donors (Lipinski definition) is 3. The summed E-state index contributed by atoms with van der Waals surface area (Å²) in [6.07, 6.45) is 0.827. The zero-order chi connectivity index (χ0) is 20.5. The number of carbonyl (C=O) groups is 2. The number of rotatable bonds is 7. The van der Waals surface area contributed by atoms with Gasteiger partial charge >= 0.3 is 0 Å². The van der Waals surface area contributed by atoms with Crippen LogP contribution in [0.1, 0.15) is 41.0 Å². The summed E-state index contributed by atoms with van der Waals surface area (Å²) < 4.78 is 6.39. The summed E-state index contributed by atoms with van der Waals surface area (Å²) in [6, 6.07) is 12.2. The van der Waals surface area contributed by atoms with Gasteiger partial charge in [0.25, 0.3) is 11.8 Å². The molecule has 0 aromatic heterocycles. The molecule has 0 unspecified atom stereocenters. The minimum atomic E-state index is -0.402. The number of thiocarbonyl (C=S) groups is 1. The van der Waals surface area contributed by atoms with Gasteiger partial charge in [-0.2, -0.15) is 0 Å². The predicted octanol–water partition coefficient (Wildman–Crippen LogP) is 4.11. The number of ether oxygens (including phenoxy) is 1. The van der Waals surface area contributed by atoms with E-state index in [1.165, 1.54) is 0 Å². The van der Waals surface area contributed by atoms with Crippen LogP contribution in [-0.4, -0.2) is 30.1 Å². The molecule has 0 saturated heterocycles. The molecule has 0 saturated carbocycles. The Kier molecular flexibility index (Phi) is 8.41. The monoisotopic (exact) mass is 463 g/mol. The fraction of sp³-hybridized carbons (Fsp3) is 0.250. The molecule has 0 heterocycles. The molecule has 0 aliphatic carbocycles.